The third-order valence-electron chi connectivity index (χ3n) is 3.00. The highest BCUT2D eigenvalue weighted by Crippen LogP contribution is 2.19. The molecule has 0 heterocycles. The summed E-state index contributed by atoms with van der Waals surface area (Å²) in [5.74, 6) is 2.32. The highest BCUT2D eigenvalue weighted by atomic mass is 16.7. The predicted octanol–water partition coefficient (Wildman–Crippen LogP) is 4.91. The lowest BCUT2D eigenvalue weighted by atomic mass is 10.1. The minimum Gasteiger partial charge on any atom is -0.455 e. The molecule has 0 saturated heterocycles. The van der Waals surface area contributed by atoms with Crippen LogP contribution in [0.5, 0.6) is 11.5 Å². The van der Waals surface area contributed by atoms with Crippen molar-refractivity contribution in [1.29, 1.82) is 0 Å². The summed E-state index contributed by atoms with van der Waals surface area (Å²) in [5, 5.41) is 0. The molecule has 106 valence electrons. The van der Waals surface area contributed by atoms with Gasteiger partial charge in [0, 0.05) is 6.42 Å². The van der Waals surface area contributed by atoms with Crippen LogP contribution in [-0.4, -0.2) is 6.29 Å². The fourth-order valence-corrected chi connectivity index (χ4v) is 1.91. The Morgan fingerprint density at radius 3 is 1.55 bits per heavy atom. The average molecular weight is 270 g/mol. The number of hydrogen-bond donors (Lipinski definition) is 0. The lowest BCUT2D eigenvalue weighted by Gasteiger charge is -2.21. The van der Waals surface area contributed by atoms with Gasteiger partial charge in [0.1, 0.15) is 11.5 Å². The second-order valence-corrected chi connectivity index (χ2v) is 5.26. The minimum absolute atomic E-state index is 0.248. The zero-order chi connectivity index (χ0) is 14.2. The van der Waals surface area contributed by atoms with E-state index in [0.717, 1.165) is 24.3 Å². The first-order valence-electron chi connectivity index (χ1n) is 7.17. The number of benzene rings is 2. The van der Waals surface area contributed by atoms with E-state index in [-0.39, 0.29) is 6.29 Å². The van der Waals surface area contributed by atoms with Gasteiger partial charge in [-0.1, -0.05) is 50.2 Å². The van der Waals surface area contributed by atoms with Crippen LogP contribution in [0.4, 0.5) is 0 Å². The Hall–Kier alpha value is -1.96. The molecule has 0 radical (unpaired) electrons. The maximum absolute atomic E-state index is 5.95. The van der Waals surface area contributed by atoms with Crippen LogP contribution in [-0.2, 0) is 0 Å². The first-order chi connectivity index (χ1) is 9.74. The third kappa shape index (κ3) is 4.96. The number of hydrogen-bond acceptors (Lipinski definition) is 2. The Morgan fingerprint density at radius 2 is 1.15 bits per heavy atom. The summed E-state index contributed by atoms with van der Waals surface area (Å²) in [6.07, 6.45) is 1.70. The zero-order valence-corrected chi connectivity index (χ0v) is 12.2. The quantitative estimate of drug-likeness (QED) is 0.666. The molecule has 0 amide bonds. The van der Waals surface area contributed by atoms with Gasteiger partial charge in [0.05, 0.1) is 0 Å². The average Bonchev–Trinajstić information content (AvgIpc) is 2.47. The molecule has 2 rings (SSSR count). The molecular weight excluding hydrogens is 248 g/mol. The lowest BCUT2D eigenvalue weighted by Crippen LogP contribution is -2.24. The number of rotatable bonds is 7. The van der Waals surface area contributed by atoms with Crippen LogP contribution in [0.3, 0.4) is 0 Å². The van der Waals surface area contributed by atoms with Gasteiger partial charge in [-0.2, -0.15) is 0 Å². The van der Waals surface area contributed by atoms with Gasteiger partial charge in [-0.25, -0.2) is 0 Å². The number of para-hydroxylation sites is 2. The van der Waals surface area contributed by atoms with Crippen LogP contribution in [0, 0.1) is 5.92 Å². The summed E-state index contributed by atoms with van der Waals surface area (Å²) in [4.78, 5) is 0. The van der Waals surface area contributed by atoms with Crippen molar-refractivity contribution >= 4 is 0 Å². The van der Waals surface area contributed by atoms with Gasteiger partial charge in [0.25, 0.3) is 0 Å². The first kappa shape index (κ1) is 14.4. The smallest absolute Gasteiger partial charge is 0.241 e. The first-order valence-corrected chi connectivity index (χ1v) is 7.17. The highest BCUT2D eigenvalue weighted by Gasteiger charge is 2.13. The van der Waals surface area contributed by atoms with E-state index in [1.807, 2.05) is 60.7 Å². The van der Waals surface area contributed by atoms with Crippen LogP contribution in [0.2, 0.25) is 0 Å². The molecule has 0 bridgehead atoms. The summed E-state index contributed by atoms with van der Waals surface area (Å²) in [6.45, 7) is 4.42. The largest absolute Gasteiger partial charge is 0.455 e. The fourth-order valence-electron chi connectivity index (χ4n) is 1.91. The van der Waals surface area contributed by atoms with Crippen LogP contribution in [0.25, 0.3) is 0 Å². The Balaban J connectivity index is 2.00. The molecule has 0 aliphatic heterocycles. The van der Waals surface area contributed by atoms with E-state index in [1.54, 1.807) is 0 Å². The maximum Gasteiger partial charge on any atom is 0.241 e. The standard InChI is InChI=1S/C18H22O2/c1-15(2)13-14-18(19-16-9-5-3-6-10-16)20-17-11-7-4-8-12-17/h3-12,15,18H,13-14H2,1-2H3. The van der Waals surface area contributed by atoms with Crippen LogP contribution in [0.1, 0.15) is 26.7 Å². The van der Waals surface area contributed by atoms with Crippen molar-refractivity contribution in [2.45, 2.75) is 33.0 Å². The van der Waals surface area contributed by atoms with E-state index in [2.05, 4.69) is 13.8 Å². The molecule has 0 N–H and O–H groups in total. The second-order valence-electron chi connectivity index (χ2n) is 5.26. The Morgan fingerprint density at radius 1 is 0.700 bits per heavy atom. The predicted molar refractivity (Wildman–Crippen MR) is 82.0 cm³/mol. The van der Waals surface area contributed by atoms with E-state index in [0.29, 0.717) is 5.92 Å². The molecule has 20 heavy (non-hydrogen) atoms. The Labute approximate surface area is 121 Å². The van der Waals surface area contributed by atoms with E-state index >= 15 is 0 Å². The summed E-state index contributed by atoms with van der Waals surface area (Å²) in [7, 11) is 0. The molecule has 2 heteroatoms. The summed E-state index contributed by atoms with van der Waals surface area (Å²) < 4.78 is 11.9. The summed E-state index contributed by atoms with van der Waals surface area (Å²) in [6, 6.07) is 19.7. The van der Waals surface area contributed by atoms with E-state index in [4.69, 9.17) is 9.47 Å². The van der Waals surface area contributed by atoms with Gasteiger partial charge in [0.2, 0.25) is 6.29 Å². The molecule has 0 aliphatic rings. The van der Waals surface area contributed by atoms with E-state index < -0.39 is 0 Å². The minimum atomic E-state index is -0.248. The van der Waals surface area contributed by atoms with Gasteiger partial charge in [-0.05, 0) is 36.6 Å². The molecule has 0 saturated carbocycles. The van der Waals surface area contributed by atoms with Crippen LogP contribution < -0.4 is 9.47 Å². The van der Waals surface area contributed by atoms with Crippen molar-refractivity contribution in [1.82, 2.24) is 0 Å². The molecule has 2 aromatic carbocycles. The molecular formula is C18H22O2. The normalized spacial score (nSPS) is 10.8. The Bertz CT molecular complexity index is 438. The maximum atomic E-state index is 5.95. The van der Waals surface area contributed by atoms with Crippen molar-refractivity contribution in [3.63, 3.8) is 0 Å². The molecule has 0 aliphatic carbocycles. The fraction of sp³-hybridized carbons (Fsp3) is 0.333. The van der Waals surface area contributed by atoms with Gasteiger partial charge in [-0.3, -0.25) is 0 Å². The van der Waals surface area contributed by atoms with Gasteiger partial charge in [-0.15, -0.1) is 0 Å². The topological polar surface area (TPSA) is 18.5 Å². The number of ether oxygens (including phenoxy) is 2. The molecule has 0 unspecified atom stereocenters. The van der Waals surface area contributed by atoms with Crippen molar-refractivity contribution in [3.05, 3.63) is 60.7 Å². The van der Waals surface area contributed by atoms with Gasteiger partial charge < -0.3 is 9.47 Å². The molecule has 0 atom stereocenters. The Kier molecular flexibility index (Phi) is 5.48. The second kappa shape index (κ2) is 7.59. The van der Waals surface area contributed by atoms with Gasteiger partial charge >= 0.3 is 0 Å². The summed E-state index contributed by atoms with van der Waals surface area (Å²) >= 11 is 0. The molecule has 0 aromatic heterocycles. The SMILES string of the molecule is CC(C)CCC(Oc1ccccc1)Oc1ccccc1. The summed E-state index contributed by atoms with van der Waals surface area (Å²) in [5.41, 5.74) is 0. The van der Waals surface area contributed by atoms with Gasteiger partial charge in [0.15, 0.2) is 0 Å². The molecule has 0 spiro atoms. The van der Waals surface area contributed by atoms with E-state index in [1.165, 1.54) is 0 Å². The molecule has 2 aromatic rings. The van der Waals surface area contributed by atoms with Crippen molar-refractivity contribution in [2.75, 3.05) is 0 Å². The van der Waals surface area contributed by atoms with Crippen molar-refractivity contribution < 1.29 is 9.47 Å². The monoisotopic (exact) mass is 270 g/mol. The zero-order valence-electron chi connectivity index (χ0n) is 12.2. The van der Waals surface area contributed by atoms with Crippen molar-refractivity contribution in [3.8, 4) is 11.5 Å². The lowest BCUT2D eigenvalue weighted by molar-refractivity contribution is -0.00429. The van der Waals surface area contributed by atoms with E-state index in [9.17, 15) is 0 Å². The third-order valence-corrected chi connectivity index (χ3v) is 3.00. The van der Waals surface area contributed by atoms with Crippen molar-refractivity contribution in [2.24, 2.45) is 5.92 Å². The highest BCUT2D eigenvalue weighted by molar-refractivity contribution is 5.23. The molecule has 0 fully saturated rings. The van der Waals surface area contributed by atoms with Crippen LogP contribution in [0.15, 0.2) is 60.7 Å². The molecule has 2 nitrogen and oxygen atoms in total. The van der Waals surface area contributed by atoms with Crippen LogP contribution >= 0.6 is 0 Å².